The molecule has 1 aromatic heterocycles. The van der Waals surface area contributed by atoms with E-state index >= 15 is 0 Å². The topological polar surface area (TPSA) is 34.4 Å². The molecular formula is C16H20ClNO2. The summed E-state index contributed by atoms with van der Waals surface area (Å²) in [6, 6.07) is 10.1. The lowest BCUT2D eigenvalue weighted by molar-refractivity contribution is 0.0921. The van der Waals surface area contributed by atoms with Gasteiger partial charge in [-0.15, -0.1) is 0 Å². The van der Waals surface area contributed by atoms with Gasteiger partial charge in [0.15, 0.2) is 0 Å². The average Bonchev–Trinajstić information content (AvgIpc) is 2.86. The van der Waals surface area contributed by atoms with Crippen molar-refractivity contribution in [3.05, 3.63) is 58.5 Å². The molecule has 0 saturated heterocycles. The first kappa shape index (κ1) is 15.1. The minimum Gasteiger partial charge on any atom is -0.467 e. The van der Waals surface area contributed by atoms with E-state index in [1.807, 2.05) is 30.3 Å². The second-order valence-corrected chi connectivity index (χ2v) is 5.46. The smallest absolute Gasteiger partial charge is 0.133 e. The lowest BCUT2D eigenvalue weighted by Gasteiger charge is -2.08. The van der Waals surface area contributed by atoms with Gasteiger partial charge in [-0.2, -0.15) is 0 Å². The number of benzene rings is 1. The summed E-state index contributed by atoms with van der Waals surface area (Å²) in [7, 11) is 0. The van der Waals surface area contributed by atoms with E-state index in [-0.39, 0.29) is 0 Å². The molecule has 2 aromatic rings. The van der Waals surface area contributed by atoms with E-state index in [0.717, 1.165) is 28.5 Å². The molecule has 0 unspecified atom stereocenters. The van der Waals surface area contributed by atoms with E-state index in [1.54, 1.807) is 6.26 Å². The quantitative estimate of drug-likeness (QED) is 0.833. The Balaban J connectivity index is 1.82. The zero-order valence-electron chi connectivity index (χ0n) is 11.9. The first-order valence-electron chi connectivity index (χ1n) is 6.76. The van der Waals surface area contributed by atoms with E-state index in [1.165, 1.54) is 0 Å². The van der Waals surface area contributed by atoms with Gasteiger partial charge in [0.2, 0.25) is 0 Å². The Morgan fingerprint density at radius 1 is 1.15 bits per heavy atom. The van der Waals surface area contributed by atoms with Crippen molar-refractivity contribution in [2.24, 2.45) is 0 Å². The maximum Gasteiger partial charge on any atom is 0.133 e. The Kier molecular flexibility index (Phi) is 5.65. The molecule has 0 bridgehead atoms. The molecule has 2 rings (SSSR count). The summed E-state index contributed by atoms with van der Waals surface area (Å²) < 4.78 is 11.2. The molecule has 0 aliphatic rings. The Morgan fingerprint density at radius 2 is 1.90 bits per heavy atom. The molecule has 1 aromatic carbocycles. The van der Waals surface area contributed by atoms with Crippen LogP contribution < -0.4 is 5.32 Å². The Morgan fingerprint density at radius 3 is 2.60 bits per heavy atom. The summed E-state index contributed by atoms with van der Waals surface area (Å²) in [6.07, 6.45) is 1.71. The van der Waals surface area contributed by atoms with Crippen LogP contribution in [0.25, 0.3) is 0 Å². The average molecular weight is 294 g/mol. The van der Waals surface area contributed by atoms with E-state index in [4.69, 9.17) is 20.8 Å². The molecule has 0 spiro atoms. The summed E-state index contributed by atoms with van der Waals surface area (Å²) >= 11 is 5.85. The van der Waals surface area contributed by atoms with Crippen molar-refractivity contribution in [2.75, 3.05) is 0 Å². The second-order valence-electron chi connectivity index (χ2n) is 5.02. The zero-order valence-corrected chi connectivity index (χ0v) is 12.6. The summed E-state index contributed by atoms with van der Waals surface area (Å²) in [6.45, 7) is 6.07. The van der Waals surface area contributed by atoms with Gasteiger partial charge < -0.3 is 14.5 Å². The number of ether oxygens (including phenoxy) is 1. The fraction of sp³-hybridized carbons (Fsp3) is 0.375. The second kappa shape index (κ2) is 7.48. The minimum absolute atomic E-state index is 0.452. The molecule has 0 fully saturated rings. The van der Waals surface area contributed by atoms with Gasteiger partial charge in [-0.05, 0) is 23.8 Å². The Bertz CT molecular complexity index is 520. The number of hydrogen-bond acceptors (Lipinski definition) is 3. The van der Waals surface area contributed by atoms with Gasteiger partial charge in [-0.25, -0.2) is 0 Å². The van der Waals surface area contributed by atoms with E-state index < -0.39 is 0 Å². The summed E-state index contributed by atoms with van der Waals surface area (Å²) in [5, 5.41) is 4.11. The highest BCUT2D eigenvalue weighted by Gasteiger charge is 2.07. The summed E-state index contributed by atoms with van der Waals surface area (Å²) in [5.74, 6) is 0.882. The van der Waals surface area contributed by atoms with Gasteiger partial charge in [-0.3, -0.25) is 0 Å². The predicted molar refractivity (Wildman–Crippen MR) is 80.6 cm³/mol. The van der Waals surface area contributed by atoms with Gasteiger partial charge in [0.05, 0.1) is 12.9 Å². The highest BCUT2D eigenvalue weighted by molar-refractivity contribution is 6.30. The van der Waals surface area contributed by atoms with Crippen molar-refractivity contribution in [3.63, 3.8) is 0 Å². The Hall–Kier alpha value is -1.29. The third-order valence-electron chi connectivity index (χ3n) is 2.95. The first-order valence-corrected chi connectivity index (χ1v) is 7.14. The maximum atomic E-state index is 5.85. The molecule has 0 amide bonds. The molecule has 0 aliphatic carbocycles. The highest BCUT2D eigenvalue weighted by Crippen LogP contribution is 2.14. The van der Waals surface area contributed by atoms with Crippen LogP contribution in [0.15, 0.2) is 41.0 Å². The van der Waals surface area contributed by atoms with Crippen LogP contribution >= 0.6 is 11.6 Å². The van der Waals surface area contributed by atoms with Gasteiger partial charge in [0, 0.05) is 23.2 Å². The molecule has 0 saturated carbocycles. The number of rotatable bonds is 7. The van der Waals surface area contributed by atoms with Crippen molar-refractivity contribution < 1.29 is 9.15 Å². The fourth-order valence-electron chi connectivity index (χ4n) is 1.81. The van der Waals surface area contributed by atoms with Crippen LogP contribution in [0.5, 0.6) is 0 Å². The van der Waals surface area contributed by atoms with Gasteiger partial charge in [0.25, 0.3) is 0 Å². The van der Waals surface area contributed by atoms with Crippen molar-refractivity contribution in [1.29, 1.82) is 0 Å². The molecule has 0 radical (unpaired) electrons. The number of hydrogen-bond donors (Lipinski definition) is 1. The Labute approximate surface area is 124 Å². The minimum atomic E-state index is 0.452. The van der Waals surface area contributed by atoms with Crippen molar-refractivity contribution in [1.82, 2.24) is 5.32 Å². The van der Waals surface area contributed by atoms with Crippen LogP contribution in [-0.2, 0) is 24.5 Å². The van der Waals surface area contributed by atoms with Crippen LogP contribution in [0.4, 0.5) is 0 Å². The largest absolute Gasteiger partial charge is 0.467 e. The normalized spacial score (nSPS) is 11.2. The van der Waals surface area contributed by atoms with Gasteiger partial charge in [-0.1, -0.05) is 37.6 Å². The highest BCUT2D eigenvalue weighted by atomic mass is 35.5. The van der Waals surface area contributed by atoms with Crippen LogP contribution in [0, 0.1) is 0 Å². The monoisotopic (exact) mass is 293 g/mol. The molecule has 0 aliphatic heterocycles. The number of furan rings is 1. The number of nitrogens with one attached hydrogen (secondary N) is 1. The molecule has 1 heterocycles. The fourth-order valence-corrected chi connectivity index (χ4v) is 1.93. The van der Waals surface area contributed by atoms with Crippen LogP contribution in [0.3, 0.4) is 0 Å². The third-order valence-corrected chi connectivity index (χ3v) is 3.21. The first-order chi connectivity index (χ1) is 9.65. The standard InChI is InChI=1S/C16H20ClNO2/c1-12(2)18-9-14-7-8-20-16(14)11-19-10-13-3-5-15(17)6-4-13/h3-8,12,18H,9-11H2,1-2H3. The van der Waals surface area contributed by atoms with E-state index in [0.29, 0.717) is 19.3 Å². The van der Waals surface area contributed by atoms with Crippen LogP contribution in [0.1, 0.15) is 30.7 Å². The van der Waals surface area contributed by atoms with Crippen molar-refractivity contribution in [3.8, 4) is 0 Å². The predicted octanol–water partition coefficient (Wildman–Crippen LogP) is 4.15. The molecule has 3 nitrogen and oxygen atoms in total. The lowest BCUT2D eigenvalue weighted by Crippen LogP contribution is -2.22. The van der Waals surface area contributed by atoms with Gasteiger partial charge in [0.1, 0.15) is 12.4 Å². The molecular weight excluding hydrogens is 274 g/mol. The molecule has 0 atom stereocenters. The van der Waals surface area contributed by atoms with Crippen molar-refractivity contribution in [2.45, 2.75) is 39.6 Å². The van der Waals surface area contributed by atoms with Crippen molar-refractivity contribution >= 4 is 11.6 Å². The summed E-state index contributed by atoms with van der Waals surface area (Å²) in [4.78, 5) is 0. The molecule has 108 valence electrons. The molecule has 4 heteroatoms. The SMILES string of the molecule is CC(C)NCc1ccoc1COCc1ccc(Cl)cc1. The van der Waals surface area contributed by atoms with E-state index in [9.17, 15) is 0 Å². The van der Waals surface area contributed by atoms with Crippen LogP contribution in [-0.4, -0.2) is 6.04 Å². The third kappa shape index (κ3) is 4.67. The lowest BCUT2D eigenvalue weighted by atomic mass is 10.2. The zero-order chi connectivity index (χ0) is 14.4. The summed E-state index contributed by atoms with van der Waals surface area (Å²) in [5.41, 5.74) is 2.25. The molecule has 1 N–H and O–H groups in total. The maximum absolute atomic E-state index is 5.85. The molecule has 20 heavy (non-hydrogen) atoms. The van der Waals surface area contributed by atoms with Gasteiger partial charge >= 0.3 is 0 Å². The van der Waals surface area contributed by atoms with E-state index in [2.05, 4.69) is 19.2 Å². The number of halogens is 1. The van der Waals surface area contributed by atoms with Crippen LogP contribution in [0.2, 0.25) is 5.02 Å².